The first kappa shape index (κ1) is 7.46. The Morgan fingerprint density at radius 3 is 2.50 bits per heavy atom. The van der Waals surface area contributed by atoms with Gasteiger partial charge in [0.05, 0.1) is 6.61 Å². The van der Waals surface area contributed by atoms with Gasteiger partial charge in [-0.15, -0.1) is 0 Å². The zero-order valence-corrected chi connectivity index (χ0v) is 5.19. The normalized spacial score (nSPS) is 20.9. The number of aliphatic hydroxyl groups excluding tert-OH is 2. The molecule has 0 unspecified atom stereocenters. The maximum absolute atomic E-state index is 10.2. The van der Waals surface area contributed by atoms with Crippen LogP contribution in [0.3, 0.4) is 0 Å². The SMILES string of the molecule is [2H]C[C@](O)(C(=O)O)[C@H](O)CO. The van der Waals surface area contributed by atoms with Gasteiger partial charge < -0.3 is 20.4 Å². The first-order valence-electron chi connectivity index (χ1n) is 3.23. The van der Waals surface area contributed by atoms with E-state index in [9.17, 15) is 4.79 Å². The number of aliphatic hydroxyl groups is 3. The van der Waals surface area contributed by atoms with Crippen molar-refractivity contribution in [2.24, 2.45) is 0 Å². The van der Waals surface area contributed by atoms with Crippen LogP contribution < -0.4 is 0 Å². The van der Waals surface area contributed by atoms with Crippen molar-refractivity contribution in [3.63, 3.8) is 0 Å². The highest BCUT2D eigenvalue weighted by Crippen LogP contribution is 2.08. The standard InChI is InChI=1S/C5H10O5/c1-5(10,4(8)9)3(7)2-6/h3,6-7,10H,2H2,1H3,(H,8,9)/t3-,5-/m1/s1/i1D. The molecule has 0 aliphatic rings. The third-order valence-corrected chi connectivity index (χ3v) is 1.09. The molecule has 0 bridgehead atoms. The van der Waals surface area contributed by atoms with Gasteiger partial charge in [0.15, 0.2) is 5.60 Å². The molecule has 0 aliphatic carbocycles. The third kappa shape index (κ3) is 1.66. The average Bonchev–Trinajstić information content (AvgIpc) is 2.01. The fourth-order valence-corrected chi connectivity index (χ4v) is 0.294. The molecule has 0 rings (SSSR count). The molecule has 0 aliphatic heterocycles. The smallest absolute Gasteiger partial charge is 0.338 e. The zero-order valence-electron chi connectivity index (χ0n) is 6.19. The average molecular weight is 151 g/mol. The van der Waals surface area contributed by atoms with E-state index in [2.05, 4.69) is 0 Å². The van der Waals surface area contributed by atoms with Gasteiger partial charge in [0.25, 0.3) is 0 Å². The quantitative estimate of drug-likeness (QED) is 0.380. The Labute approximate surface area is 58.9 Å². The second-order valence-corrected chi connectivity index (χ2v) is 1.93. The number of carboxylic acids is 1. The van der Waals surface area contributed by atoms with Gasteiger partial charge in [-0.1, -0.05) is 0 Å². The second kappa shape index (κ2) is 2.96. The fourth-order valence-electron chi connectivity index (χ4n) is 0.294. The zero-order chi connectivity index (χ0) is 9.07. The van der Waals surface area contributed by atoms with Crippen LogP contribution in [0.25, 0.3) is 0 Å². The van der Waals surface area contributed by atoms with E-state index in [0.29, 0.717) is 0 Å². The van der Waals surface area contributed by atoms with Crippen LogP contribution >= 0.6 is 0 Å². The van der Waals surface area contributed by atoms with Crippen LogP contribution in [0, 0.1) is 0 Å². The Morgan fingerprint density at radius 1 is 1.90 bits per heavy atom. The van der Waals surface area contributed by atoms with Gasteiger partial charge >= 0.3 is 5.97 Å². The van der Waals surface area contributed by atoms with Crippen LogP contribution in [0.1, 0.15) is 8.27 Å². The van der Waals surface area contributed by atoms with Crippen LogP contribution in [0.4, 0.5) is 0 Å². The van der Waals surface area contributed by atoms with E-state index < -0.39 is 31.2 Å². The van der Waals surface area contributed by atoms with E-state index in [0.717, 1.165) is 0 Å². The molecule has 0 aromatic heterocycles. The van der Waals surface area contributed by atoms with E-state index in [1.807, 2.05) is 0 Å². The van der Waals surface area contributed by atoms with E-state index in [1.165, 1.54) is 0 Å². The van der Waals surface area contributed by atoms with Gasteiger partial charge in [0, 0.05) is 1.37 Å². The van der Waals surface area contributed by atoms with Gasteiger partial charge in [-0.25, -0.2) is 4.79 Å². The molecule has 2 atom stereocenters. The van der Waals surface area contributed by atoms with Crippen LogP contribution in [0.5, 0.6) is 0 Å². The Morgan fingerprint density at radius 2 is 2.40 bits per heavy atom. The molecular formula is C5H10O5. The van der Waals surface area contributed by atoms with Crippen molar-refractivity contribution in [3.8, 4) is 0 Å². The molecule has 10 heavy (non-hydrogen) atoms. The number of carboxylic acid groups (broad SMARTS) is 1. The van der Waals surface area contributed by atoms with Crippen molar-refractivity contribution in [2.75, 3.05) is 6.61 Å². The van der Waals surface area contributed by atoms with Gasteiger partial charge in [0.1, 0.15) is 6.10 Å². The van der Waals surface area contributed by atoms with Crippen molar-refractivity contribution in [1.82, 2.24) is 0 Å². The molecule has 4 N–H and O–H groups in total. The van der Waals surface area contributed by atoms with E-state index in [-0.39, 0.29) is 0 Å². The number of rotatable bonds is 3. The largest absolute Gasteiger partial charge is 0.479 e. The topological polar surface area (TPSA) is 98.0 Å². The highest BCUT2D eigenvalue weighted by Gasteiger charge is 2.37. The van der Waals surface area contributed by atoms with Crippen LogP contribution in [-0.2, 0) is 4.79 Å². The van der Waals surface area contributed by atoms with Gasteiger partial charge in [-0.3, -0.25) is 0 Å². The van der Waals surface area contributed by atoms with Crippen LogP contribution in [-0.4, -0.2) is 44.7 Å². The first-order valence-corrected chi connectivity index (χ1v) is 2.53. The van der Waals surface area contributed by atoms with Crippen molar-refractivity contribution < 1.29 is 26.6 Å². The maximum atomic E-state index is 10.2. The van der Waals surface area contributed by atoms with Crippen molar-refractivity contribution in [1.29, 1.82) is 0 Å². The lowest BCUT2D eigenvalue weighted by atomic mass is 10.0. The molecule has 0 radical (unpaired) electrons. The summed E-state index contributed by atoms with van der Waals surface area (Å²) in [6, 6.07) is 0. The molecular weight excluding hydrogens is 140 g/mol. The molecule has 0 aromatic rings. The summed E-state index contributed by atoms with van der Waals surface area (Å²) in [6.45, 7) is -1.79. The molecule has 0 saturated carbocycles. The highest BCUT2D eigenvalue weighted by atomic mass is 16.4. The summed E-state index contributed by atoms with van der Waals surface area (Å²) in [7, 11) is 0. The van der Waals surface area contributed by atoms with Crippen molar-refractivity contribution in [3.05, 3.63) is 0 Å². The summed E-state index contributed by atoms with van der Waals surface area (Å²) in [5, 5.41) is 34.3. The minimum Gasteiger partial charge on any atom is -0.479 e. The number of hydrogen-bond acceptors (Lipinski definition) is 4. The van der Waals surface area contributed by atoms with Crippen LogP contribution in [0.15, 0.2) is 0 Å². The Balaban J connectivity index is 4.45. The predicted molar refractivity (Wildman–Crippen MR) is 31.4 cm³/mol. The van der Waals surface area contributed by atoms with Crippen molar-refractivity contribution >= 4 is 5.97 Å². The number of aliphatic carboxylic acids is 1. The second-order valence-electron chi connectivity index (χ2n) is 1.93. The van der Waals surface area contributed by atoms with E-state index in [1.54, 1.807) is 0 Å². The molecule has 0 aromatic carbocycles. The lowest BCUT2D eigenvalue weighted by Gasteiger charge is -2.22. The van der Waals surface area contributed by atoms with E-state index in [4.69, 9.17) is 21.8 Å². The van der Waals surface area contributed by atoms with Gasteiger partial charge in [-0.2, -0.15) is 0 Å². The minimum absolute atomic E-state index is 0.887. The molecule has 0 saturated heterocycles. The summed E-state index contributed by atoms with van der Waals surface area (Å²) in [4.78, 5) is 10.2. The summed E-state index contributed by atoms with van der Waals surface area (Å²) in [6.07, 6.45) is -1.82. The predicted octanol–water partition coefficient (Wildman–Crippen LogP) is -1.82. The number of hydrogen-bond donors (Lipinski definition) is 4. The molecule has 5 heteroatoms. The summed E-state index contributed by atoms with van der Waals surface area (Å²) < 4.78 is 6.62. The first-order chi connectivity index (χ1) is 4.99. The molecule has 0 fully saturated rings. The lowest BCUT2D eigenvalue weighted by molar-refractivity contribution is -0.171. The molecule has 5 nitrogen and oxygen atoms in total. The monoisotopic (exact) mass is 151 g/mol. The Hall–Kier alpha value is -0.650. The maximum Gasteiger partial charge on any atom is 0.338 e. The summed E-state index contributed by atoms with van der Waals surface area (Å²) in [5.74, 6) is -1.71. The Bertz CT molecular complexity index is 150. The summed E-state index contributed by atoms with van der Waals surface area (Å²) >= 11 is 0. The minimum atomic E-state index is -2.56. The summed E-state index contributed by atoms with van der Waals surface area (Å²) in [5.41, 5.74) is -2.56. The molecule has 0 amide bonds. The molecule has 0 heterocycles. The number of carbonyl (C=O) groups is 1. The van der Waals surface area contributed by atoms with Crippen LogP contribution in [0.2, 0.25) is 0 Å². The Kier molecular flexibility index (Phi) is 2.21. The fraction of sp³-hybridized carbons (Fsp3) is 0.800. The molecule has 60 valence electrons. The third-order valence-electron chi connectivity index (χ3n) is 1.09. The van der Waals surface area contributed by atoms with Gasteiger partial charge in [0.2, 0.25) is 0 Å². The highest BCUT2D eigenvalue weighted by molar-refractivity contribution is 5.77. The lowest BCUT2D eigenvalue weighted by Crippen LogP contribution is -2.48. The van der Waals surface area contributed by atoms with E-state index >= 15 is 0 Å². The van der Waals surface area contributed by atoms with Gasteiger partial charge in [-0.05, 0) is 6.90 Å². The van der Waals surface area contributed by atoms with Crippen molar-refractivity contribution in [2.45, 2.75) is 18.6 Å². The molecule has 0 spiro atoms.